The van der Waals surface area contributed by atoms with Crippen molar-refractivity contribution in [3.05, 3.63) is 29.3 Å². The zero-order chi connectivity index (χ0) is 13.5. The van der Waals surface area contributed by atoms with Crippen molar-refractivity contribution in [1.29, 1.82) is 0 Å². The molecule has 0 N–H and O–H groups in total. The Bertz CT molecular complexity index is 498. The second-order valence-electron chi connectivity index (χ2n) is 6.42. The molecule has 1 heterocycles. The highest BCUT2D eigenvalue weighted by molar-refractivity contribution is 5.43. The molecule has 3 aliphatic rings. The van der Waals surface area contributed by atoms with Gasteiger partial charge in [-0.05, 0) is 42.4 Å². The highest BCUT2D eigenvalue weighted by Gasteiger charge is 2.39. The van der Waals surface area contributed by atoms with Gasteiger partial charge in [0.05, 0.1) is 19.8 Å². The Morgan fingerprint density at radius 2 is 2.20 bits per heavy atom. The first kappa shape index (κ1) is 12.7. The third kappa shape index (κ3) is 2.23. The van der Waals surface area contributed by atoms with Crippen molar-refractivity contribution >= 4 is 0 Å². The molecule has 0 spiro atoms. The number of rotatable bonds is 3. The van der Waals surface area contributed by atoms with Gasteiger partial charge in [0.25, 0.3) is 0 Å². The van der Waals surface area contributed by atoms with E-state index >= 15 is 0 Å². The van der Waals surface area contributed by atoms with Crippen molar-refractivity contribution < 1.29 is 9.47 Å². The van der Waals surface area contributed by atoms with Crippen LogP contribution in [0.2, 0.25) is 0 Å². The summed E-state index contributed by atoms with van der Waals surface area (Å²) in [5, 5.41) is 0. The number of nitrogens with zero attached hydrogens (tertiary/aromatic N) is 1. The quantitative estimate of drug-likeness (QED) is 0.843. The molecule has 1 aliphatic heterocycles. The lowest BCUT2D eigenvalue weighted by atomic mass is 9.84. The Hall–Kier alpha value is -1.06. The Kier molecular flexibility index (Phi) is 3.20. The minimum absolute atomic E-state index is 0.353. The number of hydrogen-bond acceptors (Lipinski definition) is 3. The average Bonchev–Trinajstić information content (AvgIpc) is 3.29. The molecule has 0 amide bonds. The first-order chi connectivity index (χ1) is 9.85. The molecular weight excluding hydrogens is 250 g/mol. The van der Waals surface area contributed by atoms with Crippen LogP contribution in [0.3, 0.4) is 0 Å². The van der Waals surface area contributed by atoms with Gasteiger partial charge >= 0.3 is 0 Å². The lowest BCUT2D eigenvalue weighted by Crippen LogP contribution is -2.55. The summed E-state index contributed by atoms with van der Waals surface area (Å²) in [7, 11) is 1.77. The van der Waals surface area contributed by atoms with E-state index in [4.69, 9.17) is 9.47 Å². The Morgan fingerprint density at radius 1 is 1.30 bits per heavy atom. The molecule has 0 radical (unpaired) electrons. The zero-order valence-corrected chi connectivity index (χ0v) is 12.2. The van der Waals surface area contributed by atoms with Crippen molar-refractivity contribution in [3.63, 3.8) is 0 Å². The van der Waals surface area contributed by atoms with Crippen molar-refractivity contribution in [1.82, 2.24) is 4.90 Å². The zero-order valence-electron chi connectivity index (χ0n) is 12.2. The summed E-state index contributed by atoms with van der Waals surface area (Å²) in [6.07, 6.45) is 5.33. The second-order valence-corrected chi connectivity index (χ2v) is 6.42. The fraction of sp³-hybridized carbons (Fsp3) is 0.647. The molecule has 2 aliphatic carbocycles. The van der Waals surface area contributed by atoms with Crippen molar-refractivity contribution in [2.24, 2.45) is 5.92 Å². The van der Waals surface area contributed by atoms with Gasteiger partial charge in [-0.2, -0.15) is 0 Å². The fourth-order valence-electron chi connectivity index (χ4n) is 3.80. The molecule has 2 fully saturated rings. The van der Waals surface area contributed by atoms with E-state index in [0.29, 0.717) is 12.1 Å². The van der Waals surface area contributed by atoms with Crippen LogP contribution in [0.5, 0.6) is 5.75 Å². The molecule has 2 atom stereocenters. The molecule has 0 aromatic heterocycles. The van der Waals surface area contributed by atoms with E-state index < -0.39 is 0 Å². The minimum atomic E-state index is 0.353. The Labute approximate surface area is 120 Å². The summed E-state index contributed by atoms with van der Waals surface area (Å²) >= 11 is 0. The van der Waals surface area contributed by atoms with Gasteiger partial charge in [-0.1, -0.05) is 12.1 Å². The highest BCUT2D eigenvalue weighted by Crippen LogP contribution is 2.36. The predicted molar refractivity (Wildman–Crippen MR) is 78.2 cm³/mol. The van der Waals surface area contributed by atoms with Gasteiger partial charge in [0.1, 0.15) is 5.75 Å². The number of ether oxygens (including phenoxy) is 2. The van der Waals surface area contributed by atoms with Gasteiger partial charge in [-0.15, -0.1) is 0 Å². The maximum atomic E-state index is 6.07. The Balaban J connectivity index is 1.60. The Morgan fingerprint density at radius 3 is 3.00 bits per heavy atom. The van der Waals surface area contributed by atoms with E-state index in [-0.39, 0.29) is 0 Å². The third-order valence-electron chi connectivity index (χ3n) is 5.08. The van der Waals surface area contributed by atoms with Crippen LogP contribution in [0.25, 0.3) is 0 Å². The third-order valence-corrected chi connectivity index (χ3v) is 5.08. The molecule has 20 heavy (non-hydrogen) atoms. The lowest BCUT2D eigenvalue weighted by Gasteiger charge is -2.44. The van der Waals surface area contributed by atoms with Crippen LogP contribution in [-0.2, 0) is 17.6 Å². The first-order valence-corrected chi connectivity index (χ1v) is 7.85. The molecule has 0 unspecified atom stereocenters. The number of fused-ring (bicyclic) bond motifs is 2. The molecule has 108 valence electrons. The van der Waals surface area contributed by atoms with E-state index in [2.05, 4.69) is 23.1 Å². The van der Waals surface area contributed by atoms with E-state index in [1.807, 2.05) is 0 Å². The van der Waals surface area contributed by atoms with E-state index in [9.17, 15) is 0 Å². The topological polar surface area (TPSA) is 21.7 Å². The molecule has 1 saturated carbocycles. The number of morpholine rings is 1. The lowest BCUT2D eigenvalue weighted by molar-refractivity contribution is -0.0756. The van der Waals surface area contributed by atoms with Gasteiger partial charge in [0.2, 0.25) is 0 Å². The second kappa shape index (κ2) is 5.05. The summed E-state index contributed by atoms with van der Waals surface area (Å²) in [5.41, 5.74) is 2.82. The van der Waals surface area contributed by atoms with Crippen molar-refractivity contribution in [2.45, 2.75) is 37.8 Å². The van der Waals surface area contributed by atoms with Gasteiger partial charge in [-0.25, -0.2) is 0 Å². The molecule has 1 aromatic carbocycles. The number of hydrogen-bond donors (Lipinski definition) is 0. The van der Waals surface area contributed by atoms with E-state index in [1.165, 1.54) is 30.5 Å². The molecule has 3 nitrogen and oxygen atoms in total. The van der Waals surface area contributed by atoms with Crippen LogP contribution >= 0.6 is 0 Å². The van der Waals surface area contributed by atoms with Crippen LogP contribution in [0.15, 0.2) is 18.2 Å². The monoisotopic (exact) mass is 273 g/mol. The van der Waals surface area contributed by atoms with Crippen molar-refractivity contribution in [3.8, 4) is 5.75 Å². The summed E-state index contributed by atoms with van der Waals surface area (Å²) in [4.78, 5) is 2.69. The number of methoxy groups -OCH3 is 1. The smallest absolute Gasteiger partial charge is 0.122 e. The molecular formula is C17H23NO2. The highest BCUT2D eigenvalue weighted by atomic mass is 16.5. The van der Waals surface area contributed by atoms with E-state index in [0.717, 1.165) is 37.7 Å². The standard InChI is InChI=1S/C17H23NO2/c1-19-16-4-2-3-13-9-15-17(10-14(13)16)20-8-7-18(15)11-12-5-6-12/h2-4,12,15,17H,5-11H2,1H3/t15-,17-/m0/s1. The normalized spacial score (nSPS) is 29.6. The summed E-state index contributed by atoms with van der Waals surface area (Å²) < 4.78 is 11.6. The van der Waals surface area contributed by atoms with Crippen LogP contribution in [0.1, 0.15) is 24.0 Å². The summed E-state index contributed by atoms with van der Waals surface area (Å²) in [5.74, 6) is 1.99. The van der Waals surface area contributed by atoms with Gasteiger partial charge in [0, 0.05) is 25.6 Å². The molecule has 1 saturated heterocycles. The molecule has 3 heteroatoms. The summed E-state index contributed by atoms with van der Waals surface area (Å²) in [6, 6.07) is 7.03. The largest absolute Gasteiger partial charge is 0.496 e. The SMILES string of the molecule is COc1cccc2c1C[C@@H]1OCCN(CC3CC3)[C@H]1C2. The van der Waals surface area contributed by atoms with Gasteiger partial charge < -0.3 is 9.47 Å². The number of benzene rings is 1. The van der Waals surface area contributed by atoms with Crippen LogP contribution in [-0.4, -0.2) is 43.9 Å². The maximum absolute atomic E-state index is 6.07. The predicted octanol–water partition coefficient (Wildman–Crippen LogP) is 2.27. The molecule has 1 aromatic rings. The summed E-state index contributed by atoms with van der Waals surface area (Å²) in [6.45, 7) is 3.28. The minimum Gasteiger partial charge on any atom is -0.496 e. The van der Waals surface area contributed by atoms with Crippen molar-refractivity contribution in [2.75, 3.05) is 26.8 Å². The fourth-order valence-corrected chi connectivity index (χ4v) is 3.80. The van der Waals surface area contributed by atoms with Crippen LogP contribution in [0.4, 0.5) is 0 Å². The van der Waals surface area contributed by atoms with Gasteiger partial charge in [0.15, 0.2) is 0 Å². The maximum Gasteiger partial charge on any atom is 0.122 e. The van der Waals surface area contributed by atoms with E-state index in [1.54, 1.807) is 7.11 Å². The first-order valence-electron chi connectivity index (χ1n) is 7.85. The van der Waals surface area contributed by atoms with Crippen LogP contribution in [0, 0.1) is 5.92 Å². The average molecular weight is 273 g/mol. The van der Waals surface area contributed by atoms with Gasteiger partial charge in [-0.3, -0.25) is 4.90 Å². The molecule has 4 rings (SSSR count). The van der Waals surface area contributed by atoms with Crippen LogP contribution < -0.4 is 4.74 Å². The molecule has 0 bridgehead atoms.